The van der Waals surface area contributed by atoms with Crippen molar-refractivity contribution in [2.45, 2.75) is 39.7 Å². The van der Waals surface area contributed by atoms with E-state index in [1.54, 1.807) is 23.1 Å². The summed E-state index contributed by atoms with van der Waals surface area (Å²) >= 11 is 0. The van der Waals surface area contributed by atoms with Crippen LogP contribution in [-0.2, 0) is 4.74 Å². The number of likely N-dealkylation sites (tertiary alicyclic amines) is 1. The Bertz CT molecular complexity index is 622. The number of amides is 2. The zero-order chi connectivity index (χ0) is 17.9. The van der Waals surface area contributed by atoms with Crippen molar-refractivity contribution in [1.82, 2.24) is 10.2 Å². The van der Waals surface area contributed by atoms with Gasteiger partial charge in [0, 0.05) is 19.6 Å². The number of nitrogens with zero attached hydrogens (tertiary/aromatic N) is 1. The van der Waals surface area contributed by atoms with Gasteiger partial charge in [-0.15, -0.1) is 0 Å². The average Bonchev–Trinajstić information content (AvgIpc) is 2.94. The van der Waals surface area contributed by atoms with E-state index in [0.29, 0.717) is 25.2 Å². The summed E-state index contributed by atoms with van der Waals surface area (Å²) in [5.74, 6) is 0.0188. The van der Waals surface area contributed by atoms with E-state index in [1.807, 2.05) is 27.7 Å². The third kappa shape index (κ3) is 4.88. The Kier molecular flexibility index (Phi) is 5.36. The van der Waals surface area contributed by atoms with Gasteiger partial charge in [0.15, 0.2) is 0 Å². The Morgan fingerprint density at radius 1 is 1.38 bits per heavy atom. The lowest BCUT2D eigenvalue weighted by molar-refractivity contribution is 0.0520. The van der Waals surface area contributed by atoms with Gasteiger partial charge >= 0.3 is 6.09 Å². The molecule has 1 fully saturated rings. The number of benzene rings is 1. The third-order valence-corrected chi connectivity index (χ3v) is 3.89. The predicted molar refractivity (Wildman–Crippen MR) is 91.1 cm³/mol. The van der Waals surface area contributed by atoms with E-state index in [9.17, 15) is 14.7 Å². The predicted octanol–water partition coefficient (Wildman–Crippen LogP) is 2.69. The van der Waals surface area contributed by atoms with Gasteiger partial charge in [0.25, 0.3) is 5.91 Å². The highest BCUT2D eigenvalue weighted by atomic mass is 16.6. The maximum atomic E-state index is 12.5. The number of rotatable bonds is 3. The van der Waals surface area contributed by atoms with Crippen LogP contribution >= 0.6 is 0 Å². The summed E-state index contributed by atoms with van der Waals surface area (Å²) in [7, 11) is 0. The van der Waals surface area contributed by atoms with Crippen molar-refractivity contribution >= 4 is 12.0 Å². The SMILES string of the molecule is Cc1ccc(O)c(C(=O)N2CC[C@H](CNC(=O)OC(C)(C)C)C2)c1. The highest BCUT2D eigenvalue weighted by Gasteiger charge is 2.29. The Balaban J connectivity index is 1.87. The smallest absolute Gasteiger partial charge is 0.407 e. The lowest BCUT2D eigenvalue weighted by Gasteiger charge is -2.21. The second-order valence-electron chi connectivity index (χ2n) is 7.31. The molecular weight excluding hydrogens is 308 g/mol. The van der Waals surface area contributed by atoms with E-state index in [-0.39, 0.29) is 17.6 Å². The molecule has 6 nitrogen and oxygen atoms in total. The van der Waals surface area contributed by atoms with E-state index < -0.39 is 11.7 Å². The summed E-state index contributed by atoms with van der Waals surface area (Å²) in [4.78, 5) is 26.0. The van der Waals surface area contributed by atoms with Gasteiger partial charge < -0.3 is 20.1 Å². The molecule has 0 saturated carbocycles. The molecule has 1 aliphatic heterocycles. The molecule has 0 bridgehead atoms. The molecule has 0 spiro atoms. The summed E-state index contributed by atoms with van der Waals surface area (Å²) in [6, 6.07) is 5.01. The zero-order valence-electron chi connectivity index (χ0n) is 14.8. The third-order valence-electron chi connectivity index (χ3n) is 3.89. The van der Waals surface area contributed by atoms with Gasteiger partial charge in [0.05, 0.1) is 5.56 Å². The lowest BCUT2D eigenvalue weighted by atomic mass is 10.1. The Morgan fingerprint density at radius 2 is 2.08 bits per heavy atom. The second kappa shape index (κ2) is 7.11. The van der Waals surface area contributed by atoms with Gasteiger partial charge in [-0.2, -0.15) is 0 Å². The summed E-state index contributed by atoms with van der Waals surface area (Å²) in [6.07, 6.45) is 0.373. The van der Waals surface area contributed by atoms with Crippen LogP contribution in [0.2, 0.25) is 0 Å². The van der Waals surface area contributed by atoms with Crippen LogP contribution in [0.1, 0.15) is 43.1 Å². The number of carbonyl (C=O) groups excluding carboxylic acids is 2. The average molecular weight is 334 g/mol. The minimum Gasteiger partial charge on any atom is -0.507 e. The summed E-state index contributed by atoms with van der Waals surface area (Å²) < 4.78 is 5.21. The van der Waals surface area contributed by atoms with E-state index in [2.05, 4.69) is 5.32 Å². The Labute approximate surface area is 142 Å². The van der Waals surface area contributed by atoms with E-state index in [1.165, 1.54) is 0 Å². The molecule has 132 valence electrons. The van der Waals surface area contributed by atoms with Crippen LogP contribution in [-0.4, -0.2) is 47.2 Å². The molecule has 2 rings (SSSR count). The van der Waals surface area contributed by atoms with Crippen LogP contribution in [0.5, 0.6) is 5.75 Å². The molecule has 1 heterocycles. The lowest BCUT2D eigenvalue weighted by Crippen LogP contribution is -2.36. The number of hydrogen-bond donors (Lipinski definition) is 2. The monoisotopic (exact) mass is 334 g/mol. The van der Waals surface area contributed by atoms with Gasteiger partial charge in [-0.25, -0.2) is 4.79 Å². The first-order valence-corrected chi connectivity index (χ1v) is 8.21. The topological polar surface area (TPSA) is 78.9 Å². The number of aromatic hydroxyl groups is 1. The molecule has 0 unspecified atom stereocenters. The number of alkyl carbamates (subject to hydrolysis) is 1. The van der Waals surface area contributed by atoms with E-state index >= 15 is 0 Å². The van der Waals surface area contributed by atoms with Crippen LogP contribution in [0, 0.1) is 12.8 Å². The fourth-order valence-corrected chi connectivity index (χ4v) is 2.72. The fourth-order valence-electron chi connectivity index (χ4n) is 2.72. The first-order chi connectivity index (χ1) is 11.2. The maximum absolute atomic E-state index is 12.5. The molecule has 1 aromatic carbocycles. The molecule has 1 aromatic rings. The normalized spacial score (nSPS) is 17.7. The highest BCUT2D eigenvalue weighted by molar-refractivity contribution is 5.97. The molecule has 0 radical (unpaired) electrons. The zero-order valence-corrected chi connectivity index (χ0v) is 14.8. The molecule has 2 amide bonds. The standard InChI is InChI=1S/C18H26N2O4/c1-12-5-6-15(21)14(9-12)16(22)20-8-7-13(11-20)10-19-17(23)24-18(2,3)4/h5-6,9,13,21H,7-8,10-11H2,1-4H3,(H,19,23)/t13-/m1/s1. The van der Waals surface area contributed by atoms with Crippen molar-refractivity contribution in [1.29, 1.82) is 0 Å². The fraction of sp³-hybridized carbons (Fsp3) is 0.556. The minimum absolute atomic E-state index is 0.000861. The molecular formula is C18H26N2O4. The number of hydrogen-bond acceptors (Lipinski definition) is 4. The molecule has 24 heavy (non-hydrogen) atoms. The summed E-state index contributed by atoms with van der Waals surface area (Å²) in [6.45, 7) is 8.98. The van der Waals surface area contributed by atoms with Gasteiger partial charge in [-0.3, -0.25) is 4.79 Å². The van der Waals surface area contributed by atoms with E-state index in [0.717, 1.165) is 12.0 Å². The largest absolute Gasteiger partial charge is 0.507 e. The van der Waals surface area contributed by atoms with Crippen molar-refractivity contribution < 1.29 is 19.4 Å². The maximum Gasteiger partial charge on any atom is 0.407 e. The quantitative estimate of drug-likeness (QED) is 0.891. The van der Waals surface area contributed by atoms with Crippen molar-refractivity contribution in [3.8, 4) is 5.75 Å². The van der Waals surface area contributed by atoms with Crippen molar-refractivity contribution in [2.24, 2.45) is 5.92 Å². The highest BCUT2D eigenvalue weighted by Crippen LogP contribution is 2.24. The van der Waals surface area contributed by atoms with Crippen LogP contribution < -0.4 is 5.32 Å². The first kappa shape index (κ1) is 18.1. The molecule has 1 atom stereocenters. The van der Waals surface area contributed by atoms with Crippen molar-refractivity contribution in [2.75, 3.05) is 19.6 Å². The van der Waals surface area contributed by atoms with Gasteiger partial charge in [-0.1, -0.05) is 11.6 Å². The Morgan fingerprint density at radius 3 is 2.75 bits per heavy atom. The summed E-state index contributed by atoms with van der Waals surface area (Å²) in [5.41, 5.74) is 0.735. The number of phenolic OH excluding ortho intramolecular Hbond substituents is 1. The van der Waals surface area contributed by atoms with Crippen LogP contribution in [0.3, 0.4) is 0 Å². The molecule has 0 aromatic heterocycles. The number of carbonyl (C=O) groups is 2. The van der Waals surface area contributed by atoms with Gasteiger partial charge in [-0.05, 0) is 52.2 Å². The van der Waals surface area contributed by atoms with Gasteiger partial charge in [0.2, 0.25) is 0 Å². The number of aryl methyl sites for hydroxylation is 1. The molecule has 1 aliphatic rings. The van der Waals surface area contributed by atoms with E-state index in [4.69, 9.17) is 4.74 Å². The van der Waals surface area contributed by atoms with Crippen LogP contribution in [0.15, 0.2) is 18.2 Å². The summed E-state index contributed by atoms with van der Waals surface area (Å²) in [5, 5.41) is 12.6. The molecule has 1 saturated heterocycles. The number of nitrogens with one attached hydrogen (secondary N) is 1. The molecule has 0 aliphatic carbocycles. The van der Waals surface area contributed by atoms with Crippen molar-refractivity contribution in [3.05, 3.63) is 29.3 Å². The minimum atomic E-state index is -0.523. The Hall–Kier alpha value is -2.24. The van der Waals surface area contributed by atoms with Crippen LogP contribution in [0.4, 0.5) is 4.79 Å². The number of ether oxygens (including phenoxy) is 1. The second-order valence-corrected chi connectivity index (χ2v) is 7.31. The molecule has 6 heteroatoms. The van der Waals surface area contributed by atoms with Crippen LogP contribution in [0.25, 0.3) is 0 Å². The van der Waals surface area contributed by atoms with Gasteiger partial charge in [0.1, 0.15) is 11.4 Å². The number of phenols is 1. The van der Waals surface area contributed by atoms with Crippen molar-refractivity contribution in [3.63, 3.8) is 0 Å². The first-order valence-electron chi connectivity index (χ1n) is 8.21. The molecule has 2 N–H and O–H groups in total.